The summed E-state index contributed by atoms with van der Waals surface area (Å²) in [5.41, 5.74) is 5.30. The maximum atomic E-state index is 8.09. The standard InChI is InChI=1S/C6H11N3/c1-2-5-9-6(8)3-4-7/h3,9H,2,5,8H2,1H3/b6-3+. The average Bonchev–Trinajstić information content (AvgIpc) is 1.85. The van der Waals surface area contributed by atoms with Crippen LogP contribution in [0.2, 0.25) is 0 Å². The number of rotatable bonds is 3. The molecule has 0 bridgehead atoms. The van der Waals surface area contributed by atoms with Gasteiger partial charge in [0.1, 0.15) is 5.82 Å². The summed E-state index contributed by atoms with van der Waals surface area (Å²) in [6.07, 6.45) is 2.30. The summed E-state index contributed by atoms with van der Waals surface area (Å²) >= 11 is 0. The van der Waals surface area contributed by atoms with Crippen molar-refractivity contribution < 1.29 is 0 Å². The Balaban J connectivity index is 3.40. The molecule has 0 aliphatic heterocycles. The average molecular weight is 125 g/mol. The Bertz CT molecular complexity index is 132. The van der Waals surface area contributed by atoms with Gasteiger partial charge in [-0.15, -0.1) is 0 Å². The van der Waals surface area contributed by atoms with Crippen LogP contribution < -0.4 is 11.1 Å². The van der Waals surface area contributed by atoms with Gasteiger partial charge in [0.25, 0.3) is 0 Å². The summed E-state index contributed by atoms with van der Waals surface area (Å²) in [6.45, 7) is 2.86. The Morgan fingerprint density at radius 2 is 2.56 bits per heavy atom. The molecule has 0 aromatic heterocycles. The van der Waals surface area contributed by atoms with E-state index in [4.69, 9.17) is 11.0 Å². The lowest BCUT2D eigenvalue weighted by atomic mass is 10.5. The van der Waals surface area contributed by atoms with Gasteiger partial charge in [-0.25, -0.2) is 0 Å². The first-order valence-electron chi connectivity index (χ1n) is 2.90. The van der Waals surface area contributed by atoms with E-state index in [9.17, 15) is 0 Å². The van der Waals surface area contributed by atoms with Crippen LogP contribution in [0.3, 0.4) is 0 Å². The van der Waals surface area contributed by atoms with Gasteiger partial charge in [0.2, 0.25) is 0 Å². The van der Waals surface area contributed by atoms with Crippen LogP contribution in [0.4, 0.5) is 0 Å². The third-order valence-electron chi connectivity index (χ3n) is 0.799. The van der Waals surface area contributed by atoms with E-state index < -0.39 is 0 Å². The van der Waals surface area contributed by atoms with Crippen LogP contribution in [0.5, 0.6) is 0 Å². The zero-order valence-corrected chi connectivity index (χ0v) is 5.52. The first-order chi connectivity index (χ1) is 4.31. The van der Waals surface area contributed by atoms with Gasteiger partial charge in [0, 0.05) is 6.54 Å². The summed E-state index contributed by atoms with van der Waals surface area (Å²) in [7, 11) is 0. The zero-order chi connectivity index (χ0) is 7.11. The first kappa shape index (κ1) is 7.83. The minimum atomic E-state index is 0.444. The second-order valence-corrected chi connectivity index (χ2v) is 1.66. The molecule has 0 saturated heterocycles. The summed E-state index contributed by atoms with van der Waals surface area (Å²) in [5, 5.41) is 10.9. The smallest absolute Gasteiger partial charge is 0.107 e. The predicted molar refractivity (Wildman–Crippen MR) is 36.2 cm³/mol. The number of nitrogens with zero attached hydrogens (tertiary/aromatic N) is 1. The Kier molecular flexibility index (Phi) is 4.33. The van der Waals surface area contributed by atoms with E-state index in [0.29, 0.717) is 5.82 Å². The molecule has 0 aliphatic rings. The normalized spacial score (nSPS) is 10.4. The number of hydrogen-bond donors (Lipinski definition) is 2. The van der Waals surface area contributed by atoms with Gasteiger partial charge >= 0.3 is 0 Å². The van der Waals surface area contributed by atoms with Gasteiger partial charge in [-0.05, 0) is 6.42 Å². The first-order valence-corrected chi connectivity index (χ1v) is 2.90. The minimum absolute atomic E-state index is 0.444. The van der Waals surface area contributed by atoms with Crippen molar-refractivity contribution in [3.8, 4) is 6.07 Å². The quantitative estimate of drug-likeness (QED) is 0.533. The molecule has 0 aromatic carbocycles. The van der Waals surface area contributed by atoms with Gasteiger partial charge in [-0.1, -0.05) is 6.92 Å². The fraction of sp³-hybridized carbons (Fsp3) is 0.500. The van der Waals surface area contributed by atoms with Crippen LogP contribution >= 0.6 is 0 Å². The van der Waals surface area contributed by atoms with Crippen molar-refractivity contribution in [3.63, 3.8) is 0 Å². The van der Waals surface area contributed by atoms with Gasteiger partial charge in [-0.2, -0.15) is 5.26 Å². The van der Waals surface area contributed by atoms with Crippen LogP contribution in [-0.2, 0) is 0 Å². The van der Waals surface area contributed by atoms with Crippen molar-refractivity contribution in [1.29, 1.82) is 5.26 Å². The lowest BCUT2D eigenvalue weighted by molar-refractivity contribution is 0.761. The van der Waals surface area contributed by atoms with E-state index >= 15 is 0 Å². The fourth-order valence-corrected chi connectivity index (χ4v) is 0.390. The van der Waals surface area contributed by atoms with Gasteiger partial charge in [0.15, 0.2) is 0 Å². The lowest BCUT2D eigenvalue weighted by Crippen LogP contribution is -2.20. The van der Waals surface area contributed by atoms with Crippen molar-refractivity contribution in [2.24, 2.45) is 5.73 Å². The Labute approximate surface area is 55.2 Å². The van der Waals surface area contributed by atoms with Crippen LogP contribution in [0.1, 0.15) is 13.3 Å². The number of nitrogens with one attached hydrogen (secondary N) is 1. The molecular formula is C6H11N3. The highest BCUT2D eigenvalue weighted by Gasteiger charge is 1.82. The Morgan fingerprint density at radius 1 is 1.89 bits per heavy atom. The van der Waals surface area contributed by atoms with Gasteiger partial charge in [-0.3, -0.25) is 0 Å². The molecule has 0 rings (SSSR count). The summed E-state index contributed by atoms with van der Waals surface area (Å²) in [6, 6.07) is 1.83. The van der Waals surface area contributed by atoms with E-state index in [-0.39, 0.29) is 0 Å². The molecule has 0 spiro atoms. The monoisotopic (exact) mass is 125 g/mol. The van der Waals surface area contributed by atoms with E-state index in [0.717, 1.165) is 13.0 Å². The number of nitriles is 1. The van der Waals surface area contributed by atoms with Crippen molar-refractivity contribution in [1.82, 2.24) is 5.32 Å². The Hall–Kier alpha value is -1.17. The summed E-state index contributed by atoms with van der Waals surface area (Å²) < 4.78 is 0. The minimum Gasteiger partial charge on any atom is -0.385 e. The molecule has 0 unspecified atom stereocenters. The molecule has 0 radical (unpaired) electrons. The molecule has 0 aliphatic carbocycles. The van der Waals surface area contributed by atoms with Crippen molar-refractivity contribution >= 4 is 0 Å². The SMILES string of the molecule is CCCN/C(N)=C/C#N. The second-order valence-electron chi connectivity index (χ2n) is 1.66. The lowest BCUT2D eigenvalue weighted by Gasteiger charge is -2.00. The molecular weight excluding hydrogens is 114 g/mol. The molecule has 3 nitrogen and oxygen atoms in total. The maximum absolute atomic E-state index is 8.09. The van der Waals surface area contributed by atoms with Crippen molar-refractivity contribution in [2.75, 3.05) is 6.54 Å². The van der Waals surface area contributed by atoms with Crippen LogP contribution in [0.15, 0.2) is 11.9 Å². The van der Waals surface area contributed by atoms with Gasteiger partial charge in [0.05, 0.1) is 12.1 Å². The molecule has 3 heteroatoms. The highest BCUT2D eigenvalue weighted by molar-refractivity contribution is 5.08. The molecule has 9 heavy (non-hydrogen) atoms. The van der Waals surface area contributed by atoms with Crippen LogP contribution in [-0.4, -0.2) is 6.54 Å². The van der Waals surface area contributed by atoms with Crippen molar-refractivity contribution in [2.45, 2.75) is 13.3 Å². The molecule has 0 amide bonds. The zero-order valence-electron chi connectivity index (χ0n) is 5.52. The molecule has 0 atom stereocenters. The van der Waals surface area contributed by atoms with Gasteiger partial charge < -0.3 is 11.1 Å². The van der Waals surface area contributed by atoms with Crippen molar-refractivity contribution in [3.05, 3.63) is 11.9 Å². The third-order valence-corrected chi connectivity index (χ3v) is 0.799. The highest BCUT2D eigenvalue weighted by Crippen LogP contribution is 1.76. The van der Waals surface area contributed by atoms with E-state index in [1.54, 1.807) is 0 Å². The summed E-state index contributed by atoms with van der Waals surface area (Å²) in [4.78, 5) is 0. The Morgan fingerprint density at radius 3 is 3.00 bits per heavy atom. The third kappa shape index (κ3) is 4.69. The molecule has 0 fully saturated rings. The molecule has 0 aromatic rings. The molecule has 50 valence electrons. The van der Waals surface area contributed by atoms with Crippen LogP contribution in [0, 0.1) is 11.3 Å². The maximum Gasteiger partial charge on any atom is 0.107 e. The largest absolute Gasteiger partial charge is 0.385 e. The number of hydrogen-bond acceptors (Lipinski definition) is 3. The predicted octanol–water partition coefficient (Wildman–Crippen LogP) is 0.310. The molecule has 0 saturated carbocycles. The fourth-order valence-electron chi connectivity index (χ4n) is 0.390. The molecule has 0 heterocycles. The molecule has 3 N–H and O–H groups in total. The second kappa shape index (κ2) is 4.98. The van der Waals surface area contributed by atoms with E-state index in [2.05, 4.69) is 5.32 Å². The van der Waals surface area contributed by atoms with E-state index in [1.165, 1.54) is 6.08 Å². The van der Waals surface area contributed by atoms with E-state index in [1.807, 2.05) is 13.0 Å². The summed E-state index contributed by atoms with van der Waals surface area (Å²) in [5.74, 6) is 0.444. The number of allylic oxidation sites excluding steroid dienone is 1. The topological polar surface area (TPSA) is 61.8 Å². The highest BCUT2D eigenvalue weighted by atomic mass is 15.0. The van der Waals surface area contributed by atoms with Crippen LogP contribution in [0.25, 0.3) is 0 Å². The number of nitrogens with two attached hydrogens (primary N) is 1.